The fourth-order valence-electron chi connectivity index (χ4n) is 4.07. The first-order chi connectivity index (χ1) is 16.4. The number of hydrogen-bond acceptors (Lipinski definition) is 7. The summed E-state index contributed by atoms with van der Waals surface area (Å²) in [6.45, 7) is 5.90. The molecule has 8 heteroatoms. The summed E-state index contributed by atoms with van der Waals surface area (Å²) in [7, 11) is 1.60. The Labute approximate surface area is 203 Å². The lowest BCUT2D eigenvalue weighted by molar-refractivity contribution is -0.139. The van der Waals surface area contributed by atoms with Crippen LogP contribution in [0.2, 0.25) is 0 Å². The van der Waals surface area contributed by atoms with E-state index < -0.39 is 12.0 Å². The third-order valence-corrected chi connectivity index (χ3v) is 6.58. The highest BCUT2D eigenvalue weighted by atomic mass is 32.2. The average Bonchev–Trinajstić information content (AvgIpc) is 3.21. The Morgan fingerprint density at radius 3 is 2.53 bits per heavy atom. The molecule has 2 aromatic rings. The lowest BCUT2D eigenvalue weighted by Gasteiger charge is -2.37. The molecule has 0 saturated carbocycles. The molecule has 34 heavy (non-hydrogen) atoms. The molecule has 7 nitrogen and oxygen atoms in total. The molecule has 4 rings (SSSR count). The fraction of sp³-hybridized carbons (Fsp3) is 0.269. The van der Waals surface area contributed by atoms with Crippen LogP contribution in [0.3, 0.4) is 0 Å². The SMILES string of the molecule is CCOC(=O)C1=C(C)N=C2SC=C(CC(=O)Nc3ccc(OC)cc3)N2C1c1ccccc1C. The van der Waals surface area contributed by atoms with Crippen molar-refractivity contribution in [3.63, 3.8) is 0 Å². The minimum atomic E-state index is -0.428. The van der Waals surface area contributed by atoms with E-state index in [1.807, 2.05) is 48.4 Å². The second-order valence-electron chi connectivity index (χ2n) is 7.92. The molecule has 0 spiro atoms. The predicted molar refractivity (Wildman–Crippen MR) is 134 cm³/mol. The molecule has 2 aliphatic heterocycles. The molecule has 2 heterocycles. The summed E-state index contributed by atoms with van der Waals surface area (Å²) in [5, 5.41) is 5.60. The molecule has 1 N–H and O–H groups in total. The molecule has 1 atom stereocenters. The van der Waals surface area contributed by atoms with E-state index in [1.165, 1.54) is 11.8 Å². The number of aryl methyl sites for hydroxylation is 1. The lowest BCUT2D eigenvalue weighted by Crippen LogP contribution is -2.37. The first kappa shape index (κ1) is 23.6. The number of rotatable bonds is 7. The summed E-state index contributed by atoms with van der Waals surface area (Å²) in [5.41, 5.74) is 4.59. The zero-order valence-electron chi connectivity index (χ0n) is 19.6. The first-order valence-electron chi connectivity index (χ1n) is 11.0. The molecule has 0 aromatic heterocycles. The van der Waals surface area contributed by atoms with Gasteiger partial charge in [-0.05, 0) is 61.6 Å². The second-order valence-corrected chi connectivity index (χ2v) is 8.76. The van der Waals surface area contributed by atoms with Crippen LogP contribution in [0.15, 0.2) is 75.9 Å². The van der Waals surface area contributed by atoms with E-state index >= 15 is 0 Å². The van der Waals surface area contributed by atoms with Gasteiger partial charge in [0.15, 0.2) is 5.17 Å². The number of fused-ring (bicyclic) bond motifs is 1. The van der Waals surface area contributed by atoms with Crippen LogP contribution in [0.25, 0.3) is 0 Å². The summed E-state index contributed by atoms with van der Waals surface area (Å²) in [6, 6.07) is 14.7. The van der Waals surface area contributed by atoms with E-state index in [2.05, 4.69) is 10.3 Å². The summed E-state index contributed by atoms with van der Waals surface area (Å²) in [6.07, 6.45) is 0.135. The number of hydrogen-bond donors (Lipinski definition) is 1. The number of aliphatic imine (C=N–C) groups is 1. The number of amidine groups is 1. The van der Waals surface area contributed by atoms with Crippen LogP contribution in [0.5, 0.6) is 5.75 Å². The van der Waals surface area contributed by atoms with Crippen molar-refractivity contribution in [2.75, 3.05) is 19.0 Å². The van der Waals surface area contributed by atoms with Gasteiger partial charge in [0.1, 0.15) is 5.75 Å². The third-order valence-electron chi connectivity index (χ3n) is 5.69. The predicted octanol–water partition coefficient (Wildman–Crippen LogP) is 5.17. The van der Waals surface area contributed by atoms with Gasteiger partial charge in [-0.2, -0.15) is 0 Å². The first-order valence-corrected chi connectivity index (χ1v) is 11.9. The number of amides is 1. The zero-order chi connectivity index (χ0) is 24.2. The molecule has 0 saturated heterocycles. The van der Waals surface area contributed by atoms with Gasteiger partial charge >= 0.3 is 5.97 Å². The number of esters is 1. The van der Waals surface area contributed by atoms with Crippen LogP contribution in [-0.4, -0.2) is 35.7 Å². The highest BCUT2D eigenvalue weighted by molar-refractivity contribution is 8.16. The van der Waals surface area contributed by atoms with Crippen molar-refractivity contribution in [3.05, 3.63) is 82.0 Å². The van der Waals surface area contributed by atoms with E-state index in [0.717, 1.165) is 27.7 Å². The van der Waals surface area contributed by atoms with E-state index in [4.69, 9.17) is 9.47 Å². The van der Waals surface area contributed by atoms with Crippen molar-refractivity contribution in [1.82, 2.24) is 4.90 Å². The summed E-state index contributed by atoms with van der Waals surface area (Å²) >= 11 is 1.45. The molecule has 0 aliphatic carbocycles. The number of methoxy groups -OCH3 is 1. The number of ether oxygens (including phenoxy) is 2. The molecule has 0 radical (unpaired) electrons. The molecule has 176 valence electrons. The quantitative estimate of drug-likeness (QED) is 0.554. The summed E-state index contributed by atoms with van der Waals surface area (Å²) in [4.78, 5) is 32.6. The summed E-state index contributed by atoms with van der Waals surface area (Å²) in [5.74, 6) is 0.164. The number of nitrogens with zero attached hydrogens (tertiary/aromatic N) is 2. The Hall–Kier alpha value is -3.52. The summed E-state index contributed by atoms with van der Waals surface area (Å²) < 4.78 is 10.6. The Kier molecular flexibility index (Phi) is 7.07. The maximum absolute atomic E-state index is 13.0. The molecule has 0 fully saturated rings. The van der Waals surface area contributed by atoms with Crippen LogP contribution in [0.4, 0.5) is 5.69 Å². The Morgan fingerprint density at radius 1 is 1.12 bits per heavy atom. The Balaban J connectivity index is 1.64. The zero-order valence-corrected chi connectivity index (χ0v) is 20.4. The number of benzene rings is 2. The standard InChI is InChI=1S/C26H27N3O4S/c1-5-33-25(31)23-17(3)27-26-29(24(23)21-9-7-6-8-16(21)2)19(15-34-26)14-22(30)28-18-10-12-20(32-4)13-11-18/h6-13,15,24H,5,14H2,1-4H3,(H,28,30). The van der Waals surface area contributed by atoms with Gasteiger partial charge in [0.2, 0.25) is 5.91 Å². The van der Waals surface area contributed by atoms with Gasteiger partial charge in [-0.3, -0.25) is 4.79 Å². The number of carbonyl (C=O) groups is 2. The van der Waals surface area contributed by atoms with Crippen molar-refractivity contribution in [2.24, 2.45) is 4.99 Å². The van der Waals surface area contributed by atoms with E-state index in [0.29, 0.717) is 17.0 Å². The lowest BCUT2D eigenvalue weighted by atomic mass is 9.91. The molecule has 0 bridgehead atoms. The van der Waals surface area contributed by atoms with Gasteiger partial charge in [-0.1, -0.05) is 36.0 Å². The molecular formula is C26H27N3O4S. The third kappa shape index (κ3) is 4.72. The smallest absolute Gasteiger partial charge is 0.338 e. The van der Waals surface area contributed by atoms with Gasteiger partial charge in [0.05, 0.1) is 37.4 Å². The van der Waals surface area contributed by atoms with Crippen molar-refractivity contribution in [3.8, 4) is 5.75 Å². The number of anilines is 1. The van der Waals surface area contributed by atoms with Crippen LogP contribution < -0.4 is 10.1 Å². The number of nitrogens with one attached hydrogen (secondary N) is 1. The monoisotopic (exact) mass is 477 g/mol. The number of allylic oxidation sites excluding steroid dienone is 1. The van der Waals surface area contributed by atoms with Gasteiger partial charge in [0.25, 0.3) is 0 Å². The van der Waals surface area contributed by atoms with Gasteiger partial charge in [-0.25, -0.2) is 9.79 Å². The van der Waals surface area contributed by atoms with Crippen molar-refractivity contribution < 1.29 is 19.1 Å². The van der Waals surface area contributed by atoms with Crippen molar-refractivity contribution in [1.29, 1.82) is 0 Å². The fourth-order valence-corrected chi connectivity index (χ4v) is 5.04. The van der Waals surface area contributed by atoms with Crippen molar-refractivity contribution >= 4 is 34.5 Å². The Bertz CT molecular complexity index is 1200. The normalized spacial score (nSPS) is 17.1. The maximum Gasteiger partial charge on any atom is 0.338 e. The highest BCUT2D eigenvalue weighted by Crippen LogP contribution is 2.45. The molecule has 1 amide bonds. The number of thioether (sulfide) groups is 1. The molecular weight excluding hydrogens is 450 g/mol. The van der Waals surface area contributed by atoms with Gasteiger partial charge in [0, 0.05) is 11.4 Å². The number of carbonyl (C=O) groups excluding carboxylic acids is 2. The van der Waals surface area contributed by atoms with Crippen molar-refractivity contribution in [2.45, 2.75) is 33.2 Å². The Morgan fingerprint density at radius 2 is 1.85 bits per heavy atom. The average molecular weight is 478 g/mol. The highest BCUT2D eigenvalue weighted by Gasteiger charge is 2.41. The second kappa shape index (κ2) is 10.2. The van der Waals surface area contributed by atoms with Crippen LogP contribution in [0, 0.1) is 6.92 Å². The van der Waals surface area contributed by atoms with Gasteiger partial charge < -0.3 is 19.7 Å². The van der Waals surface area contributed by atoms with E-state index in [1.54, 1.807) is 38.3 Å². The topological polar surface area (TPSA) is 80.2 Å². The van der Waals surface area contributed by atoms with Crippen LogP contribution in [0.1, 0.15) is 37.4 Å². The maximum atomic E-state index is 13.0. The minimum Gasteiger partial charge on any atom is -0.497 e. The largest absolute Gasteiger partial charge is 0.497 e. The van der Waals surface area contributed by atoms with Crippen LogP contribution >= 0.6 is 11.8 Å². The molecule has 1 unspecified atom stereocenters. The molecule has 2 aromatic carbocycles. The van der Waals surface area contributed by atoms with E-state index in [-0.39, 0.29) is 18.9 Å². The van der Waals surface area contributed by atoms with Crippen LogP contribution in [-0.2, 0) is 14.3 Å². The molecule has 2 aliphatic rings. The van der Waals surface area contributed by atoms with E-state index in [9.17, 15) is 9.59 Å². The van der Waals surface area contributed by atoms with Gasteiger partial charge in [-0.15, -0.1) is 0 Å². The minimum absolute atomic E-state index is 0.135.